The lowest BCUT2D eigenvalue weighted by molar-refractivity contribution is -0.147. The number of nitrogens with one attached hydrogen (secondary N) is 1. The topological polar surface area (TPSA) is 66.4 Å². The Bertz CT molecular complexity index is 533. The van der Waals surface area contributed by atoms with E-state index in [9.17, 15) is 18.4 Å². The van der Waals surface area contributed by atoms with Gasteiger partial charge in [-0.2, -0.15) is 0 Å². The van der Waals surface area contributed by atoms with E-state index in [0.717, 1.165) is 31.0 Å². The summed E-state index contributed by atoms with van der Waals surface area (Å²) in [6.45, 7) is 0. The predicted molar refractivity (Wildman–Crippen MR) is 68.1 cm³/mol. The highest BCUT2D eigenvalue weighted by Crippen LogP contribution is 2.31. The lowest BCUT2D eigenvalue weighted by atomic mass is 9.78. The smallest absolute Gasteiger partial charge is 0.307 e. The van der Waals surface area contributed by atoms with Gasteiger partial charge < -0.3 is 10.4 Å². The van der Waals surface area contributed by atoms with E-state index in [0.29, 0.717) is 12.8 Å². The van der Waals surface area contributed by atoms with Gasteiger partial charge in [0.2, 0.25) is 5.91 Å². The molecule has 1 saturated carbocycles. The number of carboxylic acid groups (broad SMARTS) is 1. The number of halogens is 2. The minimum atomic E-state index is -1.02. The normalized spacial score (nSPS) is 22.3. The number of rotatable bonds is 3. The van der Waals surface area contributed by atoms with Crippen LogP contribution >= 0.6 is 0 Å². The number of hydrogen-bond acceptors (Lipinski definition) is 2. The van der Waals surface area contributed by atoms with Crippen LogP contribution in [0.5, 0.6) is 0 Å². The summed E-state index contributed by atoms with van der Waals surface area (Å²) in [5.41, 5.74) is -0.260. The first-order valence-electron chi connectivity index (χ1n) is 6.48. The fourth-order valence-corrected chi connectivity index (χ4v) is 2.56. The molecule has 1 amide bonds. The minimum Gasteiger partial charge on any atom is -0.481 e. The summed E-state index contributed by atoms with van der Waals surface area (Å²) in [6.07, 6.45) is 2.39. The van der Waals surface area contributed by atoms with E-state index in [-0.39, 0.29) is 5.69 Å². The summed E-state index contributed by atoms with van der Waals surface area (Å²) in [6, 6.07) is 2.75. The number of anilines is 1. The van der Waals surface area contributed by atoms with E-state index in [1.54, 1.807) is 0 Å². The van der Waals surface area contributed by atoms with Crippen molar-refractivity contribution in [1.29, 1.82) is 0 Å². The van der Waals surface area contributed by atoms with Gasteiger partial charge in [-0.3, -0.25) is 9.59 Å². The summed E-state index contributed by atoms with van der Waals surface area (Å²) in [7, 11) is 0. The maximum absolute atomic E-state index is 13.5. The maximum Gasteiger partial charge on any atom is 0.307 e. The third kappa shape index (κ3) is 3.12. The van der Waals surface area contributed by atoms with Gasteiger partial charge in [0.1, 0.15) is 11.6 Å². The molecule has 0 heterocycles. The Labute approximate surface area is 114 Å². The Kier molecular flexibility index (Phi) is 4.32. The monoisotopic (exact) mass is 283 g/mol. The number of hydrogen-bond donors (Lipinski definition) is 2. The van der Waals surface area contributed by atoms with Gasteiger partial charge in [0.15, 0.2) is 0 Å². The third-order valence-electron chi connectivity index (χ3n) is 3.61. The lowest BCUT2D eigenvalue weighted by Crippen LogP contribution is -2.36. The Balaban J connectivity index is 2.14. The molecule has 2 N–H and O–H groups in total. The average molecular weight is 283 g/mol. The molecule has 0 aromatic heterocycles. The highest BCUT2D eigenvalue weighted by molar-refractivity contribution is 5.95. The molecule has 0 spiro atoms. The summed E-state index contributed by atoms with van der Waals surface area (Å²) in [4.78, 5) is 23.2. The number of carbonyl (C=O) groups is 2. The van der Waals surface area contributed by atoms with Crippen LogP contribution in [0, 0.1) is 23.5 Å². The number of amides is 1. The van der Waals surface area contributed by atoms with Crippen molar-refractivity contribution in [2.75, 3.05) is 5.32 Å². The molecule has 0 aliphatic heterocycles. The van der Waals surface area contributed by atoms with Crippen molar-refractivity contribution in [1.82, 2.24) is 0 Å². The van der Waals surface area contributed by atoms with Crippen molar-refractivity contribution in [3.63, 3.8) is 0 Å². The molecule has 1 fully saturated rings. The van der Waals surface area contributed by atoms with Crippen molar-refractivity contribution in [2.24, 2.45) is 11.8 Å². The molecule has 2 rings (SSSR count). The molecule has 4 nitrogen and oxygen atoms in total. The number of aliphatic carboxylic acids is 1. The van der Waals surface area contributed by atoms with Gasteiger partial charge in [-0.25, -0.2) is 8.78 Å². The molecule has 2 unspecified atom stereocenters. The van der Waals surface area contributed by atoms with Crippen molar-refractivity contribution >= 4 is 17.6 Å². The second kappa shape index (κ2) is 5.98. The van der Waals surface area contributed by atoms with Crippen LogP contribution in [0.15, 0.2) is 18.2 Å². The predicted octanol–water partition coefficient (Wildman–Crippen LogP) is 2.79. The molecule has 6 heteroatoms. The van der Waals surface area contributed by atoms with Crippen LogP contribution in [-0.4, -0.2) is 17.0 Å². The van der Waals surface area contributed by atoms with Crippen LogP contribution in [0.3, 0.4) is 0 Å². The first-order chi connectivity index (χ1) is 9.49. The van der Waals surface area contributed by atoms with E-state index < -0.39 is 35.3 Å². The molecular formula is C14H15F2NO3. The lowest BCUT2D eigenvalue weighted by Gasteiger charge is -2.27. The van der Waals surface area contributed by atoms with Crippen LogP contribution in [0.25, 0.3) is 0 Å². The standard InChI is InChI=1S/C14H15F2NO3/c15-8-5-6-11(16)12(7-8)17-13(18)9-3-1-2-4-10(9)14(19)20/h5-7,9-10H,1-4H2,(H,17,18)(H,19,20). The van der Waals surface area contributed by atoms with Gasteiger partial charge in [0, 0.05) is 6.07 Å². The van der Waals surface area contributed by atoms with Crippen LogP contribution in [0.2, 0.25) is 0 Å². The molecule has 1 aromatic carbocycles. The molecular weight excluding hydrogens is 268 g/mol. The highest BCUT2D eigenvalue weighted by atomic mass is 19.1. The van der Waals surface area contributed by atoms with E-state index in [1.807, 2.05) is 0 Å². The van der Waals surface area contributed by atoms with Gasteiger partial charge in [0.25, 0.3) is 0 Å². The highest BCUT2D eigenvalue weighted by Gasteiger charge is 2.35. The first-order valence-corrected chi connectivity index (χ1v) is 6.48. The van der Waals surface area contributed by atoms with E-state index in [4.69, 9.17) is 5.11 Å². The quantitative estimate of drug-likeness (QED) is 0.896. The van der Waals surface area contributed by atoms with Crippen molar-refractivity contribution in [3.8, 4) is 0 Å². The first kappa shape index (κ1) is 14.4. The van der Waals surface area contributed by atoms with E-state index in [1.165, 1.54) is 0 Å². The average Bonchev–Trinajstić information content (AvgIpc) is 2.42. The van der Waals surface area contributed by atoms with Gasteiger partial charge >= 0.3 is 5.97 Å². The zero-order valence-corrected chi connectivity index (χ0v) is 10.7. The summed E-state index contributed by atoms with van der Waals surface area (Å²) in [5.74, 6) is -4.47. The van der Waals surface area contributed by atoms with Gasteiger partial charge in [-0.15, -0.1) is 0 Å². The third-order valence-corrected chi connectivity index (χ3v) is 3.61. The maximum atomic E-state index is 13.5. The summed E-state index contributed by atoms with van der Waals surface area (Å²) >= 11 is 0. The molecule has 0 bridgehead atoms. The Morgan fingerprint density at radius 3 is 2.45 bits per heavy atom. The fraction of sp³-hybridized carbons (Fsp3) is 0.429. The van der Waals surface area contributed by atoms with Crippen LogP contribution in [-0.2, 0) is 9.59 Å². The van der Waals surface area contributed by atoms with Crippen LogP contribution in [0.1, 0.15) is 25.7 Å². The van der Waals surface area contributed by atoms with Crippen molar-refractivity contribution in [3.05, 3.63) is 29.8 Å². The Hall–Kier alpha value is -1.98. The van der Waals surface area contributed by atoms with Gasteiger partial charge in [0.05, 0.1) is 17.5 Å². The molecule has 0 saturated heterocycles. The number of carbonyl (C=O) groups excluding carboxylic acids is 1. The second-order valence-electron chi connectivity index (χ2n) is 4.95. The van der Waals surface area contributed by atoms with E-state index >= 15 is 0 Å². The molecule has 1 aliphatic rings. The molecule has 108 valence electrons. The summed E-state index contributed by atoms with van der Waals surface area (Å²) in [5, 5.41) is 11.4. The van der Waals surface area contributed by atoms with Gasteiger partial charge in [-0.1, -0.05) is 12.8 Å². The zero-order chi connectivity index (χ0) is 14.7. The molecule has 2 atom stereocenters. The van der Waals surface area contributed by atoms with Gasteiger partial charge in [-0.05, 0) is 25.0 Å². The van der Waals surface area contributed by atoms with Crippen molar-refractivity contribution < 1.29 is 23.5 Å². The van der Waals surface area contributed by atoms with Crippen LogP contribution < -0.4 is 5.32 Å². The molecule has 1 aromatic rings. The van der Waals surface area contributed by atoms with Crippen LogP contribution in [0.4, 0.5) is 14.5 Å². The van der Waals surface area contributed by atoms with E-state index in [2.05, 4.69) is 5.32 Å². The Morgan fingerprint density at radius 1 is 1.15 bits per heavy atom. The molecule has 1 aliphatic carbocycles. The Morgan fingerprint density at radius 2 is 1.80 bits per heavy atom. The number of benzene rings is 1. The molecule has 20 heavy (non-hydrogen) atoms. The van der Waals surface area contributed by atoms with Crippen molar-refractivity contribution in [2.45, 2.75) is 25.7 Å². The second-order valence-corrected chi connectivity index (χ2v) is 4.95. The molecule has 0 radical (unpaired) electrons. The fourth-order valence-electron chi connectivity index (χ4n) is 2.56. The minimum absolute atomic E-state index is 0.260. The summed E-state index contributed by atoms with van der Waals surface area (Å²) < 4.78 is 26.5. The zero-order valence-electron chi connectivity index (χ0n) is 10.7. The number of carboxylic acids is 1. The SMILES string of the molecule is O=C(O)C1CCCCC1C(=O)Nc1cc(F)ccc1F. The largest absolute Gasteiger partial charge is 0.481 e.